The monoisotopic (exact) mass is 287 g/mol. The molecule has 2 aromatic rings. The lowest BCUT2D eigenvalue weighted by Gasteiger charge is -2.29. The lowest BCUT2D eigenvalue weighted by atomic mass is 9.98. The van der Waals surface area contributed by atoms with Crippen molar-refractivity contribution >= 4 is 29.0 Å². The molecule has 4 N–H and O–H groups in total. The number of rotatable bonds is 2. The van der Waals surface area contributed by atoms with E-state index < -0.39 is 0 Å². The van der Waals surface area contributed by atoms with Crippen LogP contribution in [0.3, 0.4) is 0 Å². The minimum Gasteiger partial charge on any atom is -0.497 e. The molecule has 0 radical (unpaired) electrons. The Morgan fingerprint density at radius 3 is 2.70 bits per heavy atom. The summed E-state index contributed by atoms with van der Waals surface area (Å²) >= 11 is 5.20. The summed E-state index contributed by atoms with van der Waals surface area (Å²) < 4.78 is 5.16. The Hall–Kier alpha value is -2.41. The lowest BCUT2D eigenvalue weighted by molar-refractivity contribution is 0.414. The molecule has 1 unspecified atom stereocenters. The number of nitrogens with zero attached hydrogens (tertiary/aromatic N) is 2. The minimum atomic E-state index is -0.175. The van der Waals surface area contributed by atoms with Crippen LogP contribution in [0.25, 0.3) is 0 Å². The number of nitrogens with one attached hydrogen (secondary N) is 2. The van der Waals surface area contributed by atoms with Gasteiger partial charge >= 0.3 is 0 Å². The smallest absolute Gasteiger partial charge is 0.172 e. The first-order valence-electron chi connectivity index (χ1n) is 6.01. The van der Waals surface area contributed by atoms with E-state index in [0.717, 1.165) is 16.9 Å². The molecule has 6 nitrogen and oxygen atoms in total. The fourth-order valence-corrected chi connectivity index (χ4v) is 2.40. The summed E-state index contributed by atoms with van der Waals surface area (Å²) in [6.45, 7) is 0. The van der Waals surface area contributed by atoms with E-state index in [-0.39, 0.29) is 6.04 Å². The van der Waals surface area contributed by atoms with E-state index in [1.165, 1.54) is 6.33 Å². The van der Waals surface area contributed by atoms with Crippen LogP contribution in [0.2, 0.25) is 0 Å². The third-order valence-corrected chi connectivity index (χ3v) is 3.38. The van der Waals surface area contributed by atoms with E-state index in [4.69, 9.17) is 22.7 Å². The van der Waals surface area contributed by atoms with Gasteiger partial charge in [-0.05, 0) is 29.9 Å². The molecular weight excluding hydrogens is 274 g/mol. The maximum Gasteiger partial charge on any atom is 0.172 e. The molecule has 20 heavy (non-hydrogen) atoms. The van der Waals surface area contributed by atoms with Gasteiger partial charge in [-0.25, -0.2) is 9.97 Å². The molecule has 0 fully saturated rings. The van der Waals surface area contributed by atoms with Crippen LogP contribution in [0.5, 0.6) is 5.75 Å². The van der Waals surface area contributed by atoms with E-state index >= 15 is 0 Å². The van der Waals surface area contributed by atoms with Crippen LogP contribution in [-0.2, 0) is 0 Å². The molecular formula is C13H13N5OS. The molecule has 1 atom stereocenters. The zero-order valence-corrected chi connectivity index (χ0v) is 11.6. The zero-order valence-electron chi connectivity index (χ0n) is 10.8. The summed E-state index contributed by atoms with van der Waals surface area (Å²) in [6.07, 6.45) is 1.42. The number of hydrogen-bond acceptors (Lipinski definition) is 5. The van der Waals surface area contributed by atoms with Crippen LogP contribution in [0.1, 0.15) is 17.2 Å². The molecule has 0 bridgehead atoms. The number of ether oxygens (including phenoxy) is 1. The Kier molecular flexibility index (Phi) is 3.11. The van der Waals surface area contributed by atoms with Crippen LogP contribution in [-0.4, -0.2) is 22.2 Å². The molecule has 0 aliphatic carbocycles. The Labute approximate surface area is 121 Å². The first-order chi connectivity index (χ1) is 9.69. The summed E-state index contributed by atoms with van der Waals surface area (Å²) in [6, 6.07) is 7.52. The predicted molar refractivity (Wildman–Crippen MR) is 80.6 cm³/mol. The molecule has 0 saturated carbocycles. The molecule has 0 amide bonds. The van der Waals surface area contributed by atoms with E-state index in [2.05, 4.69) is 20.6 Å². The standard InChI is InChI=1S/C13H13N5OS/c1-19-8-4-2-7(3-5-8)10-9-11(14)15-6-16-12(9)18-13(20)17-10/h2-6,10H,1H3,(H4,14,15,16,17,18,20). The number of hydrogen-bond donors (Lipinski definition) is 3. The highest BCUT2D eigenvalue weighted by atomic mass is 32.1. The van der Waals surface area contributed by atoms with Crippen molar-refractivity contribution in [1.82, 2.24) is 15.3 Å². The first-order valence-corrected chi connectivity index (χ1v) is 6.41. The van der Waals surface area contributed by atoms with Gasteiger partial charge in [-0.1, -0.05) is 12.1 Å². The van der Waals surface area contributed by atoms with Crippen LogP contribution >= 0.6 is 12.2 Å². The number of nitrogen functional groups attached to an aromatic ring is 1. The summed E-state index contributed by atoms with van der Waals surface area (Å²) in [7, 11) is 1.63. The van der Waals surface area contributed by atoms with E-state index in [9.17, 15) is 0 Å². The van der Waals surface area contributed by atoms with Gasteiger partial charge in [0.2, 0.25) is 0 Å². The molecule has 0 spiro atoms. The van der Waals surface area contributed by atoms with Crippen molar-refractivity contribution < 1.29 is 4.74 Å². The van der Waals surface area contributed by atoms with Gasteiger partial charge in [-0.3, -0.25) is 0 Å². The molecule has 1 aromatic carbocycles. The molecule has 0 saturated heterocycles. The second kappa shape index (κ2) is 4.93. The number of anilines is 2. The van der Waals surface area contributed by atoms with Crippen molar-refractivity contribution in [2.24, 2.45) is 0 Å². The van der Waals surface area contributed by atoms with E-state index in [1.807, 2.05) is 24.3 Å². The average Bonchev–Trinajstić information content (AvgIpc) is 2.46. The van der Waals surface area contributed by atoms with E-state index in [0.29, 0.717) is 16.7 Å². The normalized spacial score (nSPS) is 16.9. The zero-order chi connectivity index (χ0) is 14.1. The fraction of sp³-hybridized carbons (Fsp3) is 0.154. The summed E-state index contributed by atoms with van der Waals surface area (Å²) in [4.78, 5) is 8.23. The summed E-state index contributed by atoms with van der Waals surface area (Å²) in [5, 5.41) is 6.68. The van der Waals surface area contributed by atoms with Crippen molar-refractivity contribution in [3.8, 4) is 5.75 Å². The number of methoxy groups -OCH3 is 1. The van der Waals surface area contributed by atoms with Crippen molar-refractivity contribution in [3.05, 3.63) is 41.7 Å². The number of benzene rings is 1. The second-order valence-electron chi connectivity index (χ2n) is 4.33. The third kappa shape index (κ3) is 2.12. The lowest BCUT2D eigenvalue weighted by Crippen LogP contribution is -2.39. The van der Waals surface area contributed by atoms with Gasteiger partial charge in [0, 0.05) is 0 Å². The quantitative estimate of drug-likeness (QED) is 0.721. The average molecular weight is 287 g/mol. The molecule has 3 rings (SSSR count). The third-order valence-electron chi connectivity index (χ3n) is 3.16. The number of aromatic nitrogens is 2. The Morgan fingerprint density at radius 2 is 2.00 bits per heavy atom. The van der Waals surface area contributed by atoms with Crippen LogP contribution in [0.4, 0.5) is 11.6 Å². The Morgan fingerprint density at radius 1 is 1.25 bits per heavy atom. The molecule has 1 aliphatic heterocycles. The minimum absolute atomic E-state index is 0.175. The van der Waals surface area contributed by atoms with Crippen LogP contribution in [0.15, 0.2) is 30.6 Å². The molecule has 7 heteroatoms. The van der Waals surface area contributed by atoms with Gasteiger partial charge in [0.25, 0.3) is 0 Å². The highest BCUT2D eigenvalue weighted by Gasteiger charge is 2.27. The van der Waals surface area contributed by atoms with Crippen molar-refractivity contribution in [1.29, 1.82) is 0 Å². The predicted octanol–water partition coefficient (Wildman–Crippen LogP) is 1.46. The van der Waals surface area contributed by atoms with Gasteiger partial charge in [0.1, 0.15) is 23.7 Å². The highest BCUT2D eigenvalue weighted by molar-refractivity contribution is 7.80. The van der Waals surface area contributed by atoms with Crippen LogP contribution < -0.4 is 21.1 Å². The molecule has 1 aliphatic rings. The van der Waals surface area contributed by atoms with Gasteiger partial charge in [0.05, 0.1) is 18.7 Å². The maximum atomic E-state index is 5.97. The molecule has 1 aromatic heterocycles. The summed E-state index contributed by atoms with van der Waals surface area (Å²) in [5.41, 5.74) is 7.78. The van der Waals surface area contributed by atoms with Crippen molar-refractivity contribution in [2.45, 2.75) is 6.04 Å². The topological polar surface area (TPSA) is 85.1 Å². The number of nitrogens with two attached hydrogens (primary N) is 1. The largest absolute Gasteiger partial charge is 0.497 e. The highest BCUT2D eigenvalue weighted by Crippen LogP contribution is 2.33. The Balaban J connectivity index is 2.07. The summed E-state index contributed by atoms with van der Waals surface area (Å²) in [5.74, 6) is 1.86. The Bertz CT molecular complexity index is 658. The van der Waals surface area contributed by atoms with Crippen molar-refractivity contribution in [2.75, 3.05) is 18.2 Å². The van der Waals surface area contributed by atoms with Gasteiger partial charge in [0.15, 0.2) is 5.11 Å². The van der Waals surface area contributed by atoms with E-state index in [1.54, 1.807) is 7.11 Å². The molecule has 102 valence electrons. The van der Waals surface area contributed by atoms with Crippen LogP contribution in [0, 0.1) is 0 Å². The SMILES string of the molecule is COc1ccc(C2NC(=S)Nc3ncnc(N)c32)cc1. The fourth-order valence-electron chi connectivity index (χ4n) is 2.19. The number of thiocarbonyl (C=S) groups is 1. The van der Waals surface area contributed by atoms with Crippen molar-refractivity contribution in [3.63, 3.8) is 0 Å². The first kappa shape index (κ1) is 12.6. The number of fused-ring (bicyclic) bond motifs is 1. The van der Waals surface area contributed by atoms with Gasteiger partial charge < -0.3 is 21.1 Å². The maximum absolute atomic E-state index is 5.97. The van der Waals surface area contributed by atoms with Gasteiger partial charge in [-0.15, -0.1) is 0 Å². The van der Waals surface area contributed by atoms with Gasteiger partial charge in [-0.2, -0.15) is 0 Å². The molecule has 2 heterocycles. The second-order valence-corrected chi connectivity index (χ2v) is 4.73.